The average Bonchev–Trinajstić information content (AvgIpc) is 3.39. The van der Waals surface area contributed by atoms with Gasteiger partial charge in [-0.15, -0.1) is 0 Å². The van der Waals surface area contributed by atoms with E-state index in [2.05, 4.69) is 10.4 Å². The monoisotopic (exact) mass is 591 g/mol. The lowest BCUT2D eigenvalue weighted by molar-refractivity contribution is 0.0426. The molecule has 12 heteroatoms. The van der Waals surface area contributed by atoms with Crippen molar-refractivity contribution in [3.05, 3.63) is 99.8 Å². The third-order valence-corrected chi connectivity index (χ3v) is 7.30. The molecule has 0 fully saturated rings. The van der Waals surface area contributed by atoms with Gasteiger partial charge >= 0.3 is 0 Å². The third-order valence-electron chi connectivity index (χ3n) is 6.99. The van der Waals surface area contributed by atoms with E-state index in [0.29, 0.717) is 18.0 Å². The number of halogens is 3. The second-order valence-corrected chi connectivity index (χ2v) is 9.97. The van der Waals surface area contributed by atoms with E-state index in [1.807, 2.05) is 13.0 Å². The normalized spacial score (nSPS) is 14.6. The Morgan fingerprint density at radius 2 is 1.76 bits per heavy atom. The number of rotatable bonds is 7. The Balaban J connectivity index is 1.40. The fourth-order valence-corrected chi connectivity index (χ4v) is 5.04. The van der Waals surface area contributed by atoms with Crippen molar-refractivity contribution in [2.75, 3.05) is 24.4 Å². The van der Waals surface area contributed by atoms with Crippen LogP contribution in [0.1, 0.15) is 44.5 Å². The third kappa shape index (κ3) is 5.01. The molecule has 214 valence electrons. The summed E-state index contributed by atoms with van der Waals surface area (Å²) >= 11 is 5.99. The Labute approximate surface area is 244 Å². The summed E-state index contributed by atoms with van der Waals surface area (Å²) in [5.41, 5.74) is 0.524. The zero-order chi connectivity index (χ0) is 30.2. The Kier molecular flexibility index (Phi) is 7.58. The van der Waals surface area contributed by atoms with E-state index in [1.165, 1.54) is 90.7 Å². The predicted octanol–water partition coefficient (Wildman–Crippen LogP) is 5.87. The summed E-state index contributed by atoms with van der Waals surface area (Å²) in [4.78, 5) is 28.2. The molecule has 9 nitrogen and oxygen atoms in total. The quantitative estimate of drug-likeness (QED) is 0.288. The van der Waals surface area contributed by atoms with Gasteiger partial charge in [0.1, 0.15) is 23.3 Å². The Morgan fingerprint density at radius 3 is 2.43 bits per heavy atom. The molecule has 2 heterocycles. The molecule has 42 heavy (non-hydrogen) atoms. The van der Waals surface area contributed by atoms with Crippen LogP contribution in [-0.2, 0) is 12.5 Å². The van der Waals surface area contributed by atoms with Crippen molar-refractivity contribution >= 4 is 34.8 Å². The van der Waals surface area contributed by atoms with Gasteiger partial charge in [-0.1, -0.05) is 29.8 Å². The molecule has 1 aliphatic heterocycles. The van der Waals surface area contributed by atoms with Crippen LogP contribution in [0.2, 0.25) is 5.02 Å². The van der Waals surface area contributed by atoms with Gasteiger partial charge in [0.05, 0.1) is 49.3 Å². The van der Waals surface area contributed by atoms with Crippen molar-refractivity contribution in [3.8, 4) is 17.6 Å². The standard InChI is InChI=1S/C30H24ClF2N5O4/c1-17-16-37-27(24(15-35-37)36-28(39)18-4-11-25(41-2)19(12-18)14-34)29(40)38(17)22-8-5-20(6-9-22)30(32,33)21-7-10-23(31)26(13-21)42-3/h4-13,15,17H,16H2,1-3H3,(H,36,39). The number of carbonyl (C=O) groups is 2. The van der Waals surface area contributed by atoms with Crippen LogP contribution in [0.15, 0.2) is 66.9 Å². The van der Waals surface area contributed by atoms with Gasteiger partial charge in [0.15, 0.2) is 0 Å². The highest BCUT2D eigenvalue weighted by Crippen LogP contribution is 2.40. The number of amides is 2. The summed E-state index contributed by atoms with van der Waals surface area (Å²) in [6.45, 7) is 2.12. The second kappa shape index (κ2) is 11.1. The van der Waals surface area contributed by atoms with E-state index in [4.69, 9.17) is 21.1 Å². The van der Waals surface area contributed by atoms with Crippen LogP contribution >= 0.6 is 11.6 Å². The van der Waals surface area contributed by atoms with Gasteiger partial charge in [-0.25, -0.2) is 0 Å². The number of benzene rings is 3. The van der Waals surface area contributed by atoms with Gasteiger partial charge in [0, 0.05) is 22.4 Å². The van der Waals surface area contributed by atoms with Crippen molar-refractivity contribution in [2.45, 2.75) is 25.4 Å². The molecule has 0 bridgehead atoms. The predicted molar refractivity (Wildman–Crippen MR) is 152 cm³/mol. The minimum Gasteiger partial charge on any atom is -0.495 e. The van der Waals surface area contributed by atoms with Gasteiger partial charge < -0.3 is 19.7 Å². The number of aromatic nitrogens is 2. The summed E-state index contributed by atoms with van der Waals surface area (Å²) in [5.74, 6) is -3.90. The largest absolute Gasteiger partial charge is 0.495 e. The molecule has 2 amide bonds. The number of anilines is 2. The molecule has 1 N–H and O–H groups in total. The maximum absolute atomic E-state index is 15.4. The van der Waals surface area contributed by atoms with Crippen LogP contribution in [0.4, 0.5) is 20.2 Å². The summed E-state index contributed by atoms with van der Waals surface area (Å²) < 4.78 is 42.4. The van der Waals surface area contributed by atoms with E-state index < -0.39 is 17.7 Å². The first kappa shape index (κ1) is 28.6. The molecule has 0 aliphatic carbocycles. The minimum absolute atomic E-state index is 0.134. The lowest BCUT2D eigenvalue weighted by Crippen LogP contribution is -2.47. The SMILES string of the molecule is COc1cc(C(F)(F)c2ccc(N3C(=O)c4c(NC(=O)c5ccc(OC)c(C#N)c5)cnn4CC3C)cc2)ccc1Cl. The minimum atomic E-state index is -3.35. The molecule has 0 saturated carbocycles. The molecule has 0 radical (unpaired) electrons. The van der Waals surface area contributed by atoms with E-state index in [0.717, 1.165) is 0 Å². The van der Waals surface area contributed by atoms with E-state index in [-0.39, 0.29) is 50.4 Å². The number of fused-ring (bicyclic) bond motifs is 1. The second-order valence-electron chi connectivity index (χ2n) is 9.56. The van der Waals surface area contributed by atoms with Crippen LogP contribution in [0.25, 0.3) is 0 Å². The molecule has 1 atom stereocenters. The number of ether oxygens (including phenoxy) is 2. The van der Waals surface area contributed by atoms with Crippen LogP contribution in [0, 0.1) is 11.3 Å². The number of hydrogen-bond acceptors (Lipinski definition) is 6. The maximum atomic E-state index is 15.4. The van der Waals surface area contributed by atoms with Gasteiger partial charge in [-0.3, -0.25) is 14.3 Å². The number of nitriles is 1. The lowest BCUT2D eigenvalue weighted by atomic mass is 9.99. The van der Waals surface area contributed by atoms with Crippen molar-refractivity contribution in [1.82, 2.24) is 9.78 Å². The molecule has 0 spiro atoms. The number of methoxy groups -OCH3 is 2. The highest BCUT2D eigenvalue weighted by Gasteiger charge is 2.37. The van der Waals surface area contributed by atoms with Crippen LogP contribution < -0.4 is 19.7 Å². The average molecular weight is 592 g/mol. The first-order chi connectivity index (χ1) is 20.1. The number of hydrogen-bond donors (Lipinski definition) is 1. The number of nitrogens with zero attached hydrogens (tertiary/aromatic N) is 4. The number of carbonyl (C=O) groups excluding carboxylic acids is 2. The molecule has 4 aromatic rings. The highest BCUT2D eigenvalue weighted by molar-refractivity contribution is 6.32. The maximum Gasteiger partial charge on any atom is 0.298 e. The topological polar surface area (TPSA) is 109 Å². The summed E-state index contributed by atoms with van der Waals surface area (Å²) in [5, 5.41) is 16.5. The van der Waals surface area contributed by atoms with Gasteiger partial charge in [0.2, 0.25) is 0 Å². The Hall–Kier alpha value is -4.95. The van der Waals surface area contributed by atoms with Gasteiger partial charge in [-0.2, -0.15) is 19.1 Å². The van der Waals surface area contributed by atoms with E-state index >= 15 is 8.78 Å². The van der Waals surface area contributed by atoms with E-state index in [9.17, 15) is 14.9 Å². The van der Waals surface area contributed by atoms with Crippen molar-refractivity contribution in [3.63, 3.8) is 0 Å². The molecule has 1 unspecified atom stereocenters. The molecule has 1 aromatic heterocycles. The van der Waals surface area contributed by atoms with Crippen LogP contribution in [-0.4, -0.2) is 41.9 Å². The Morgan fingerprint density at radius 1 is 1.07 bits per heavy atom. The molecule has 1 aliphatic rings. The highest BCUT2D eigenvalue weighted by atomic mass is 35.5. The molecule has 5 rings (SSSR count). The zero-order valence-corrected chi connectivity index (χ0v) is 23.4. The fourth-order valence-electron chi connectivity index (χ4n) is 4.84. The zero-order valence-electron chi connectivity index (χ0n) is 22.7. The van der Waals surface area contributed by atoms with Crippen molar-refractivity contribution in [1.29, 1.82) is 5.26 Å². The first-order valence-electron chi connectivity index (χ1n) is 12.7. The molecular weight excluding hydrogens is 568 g/mol. The summed E-state index contributed by atoms with van der Waals surface area (Å²) in [6, 6.07) is 15.2. The summed E-state index contributed by atoms with van der Waals surface area (Å²) in [6.07, 6.45) is 1.38. The summed E-state index contributed by atoms with van der Waals surface area (Å²) in [7, 11) is 2.77. The van der Waals surface area contributed by atoms with Gasteiger partial charge in [-0.05, 0) is 49.4 Å². The van der Waals surface area contributed by atoms with Gasteiger partial charge in [0.25, 0.3) is 17.7 Å². The lowest BCUT2D eigenvalue weighted by Gasteiger charge is -2.34. The van der Waals surface area contributed by atoms with Crippen molar-refractivity contribution < 1.29 is 27.8 Å². The molecular formula is C30H24ClF2N5O4. The Bertz CT molecular complexity index is 1730. The van der Waals surface area contributed by atoms with Crippen molar-refractivity contribution in [2.24, 2.45) is 0 Å². The fraction of sp³-hybridized carbons (Fsp3) is 0.200. The first-order valence-corrected chi connectivity index (χ1v) is 13.1. The number of nitrogens with one attached hydrogen (secondary N) is 1. The molecule has 0 saturated heterocycles. The van der Waals surface area contributed by atoms with E-state index in [1.54, 1.807) is 0 Å². The van der Waals surface area contributed by atoms with Crippen LogP contribution in [0.5, 0.6) is 11.5 Å². The smallest absolute Gasteiger partial charge is 0.298 e. The van der Waals surface area contributed by atoms with Crippen LogP contribution in [0.3, 0.4) is 0 Å². The number of alkyl halides is 2. The molecule has 3 aromatic carbocycles.